The third-order valence-corrected chi connectivity index (χ3v) is 5.36. The van der Waals surface area contributed by atoms with Gasteiger partial charge in [0.15, 0.2) is 5.82 Å². The molecule has 1 atom stereocenters. The van der Waals surface area contributed by atoms with Crippen molar-refractivity contribution >= 4 is 28.5 Å². The first kappa shape index (κ1) is 19.1. The summed E-state index contributed by atoms with van der Waals surface area (Å²) in [5, 5.41) is 8.58. The lowest BCUT2D eigenvalue weighted by atomic mass is 10.1. The van der Waals surface area contributed by atoms with Crippen LogP contribution in [-0.4, -0.2) is 44.1 Å². The first-order valence-electron chi connectivity index (χ1n) is 9.87. The second-order valence-corrected chi connectivity index (χ2v) is 7.93. The minimum atomic E-state index is -0.361. The number of carbonyl (C=O) groups excluding carboxylic acids is 2. The summed E-state index contributed by atoms with van der Waals surface area (Å²) in [4.78, 5) is 31.5. The molecule has 150 valence electrons. The molecule has 3 aromatic rings. The van der Waals surface area contributed by atoms with Gasteiger partial charge in [0.05, 0.1) is 17.1 Å². The van der Waals surface area contributed by atoms with E-state index in [2.05, 4.69) is 10.4 Å². The van der Waals surface area contributed by atoms with Gasteiger partial charge in [-0.05, 0) is 45.4 Å². The average Bonchev–Trinajstić information content (AvgIpc) is 3.24. The van der Waals surface area contributed by atoms with E-state index < -0.39 is 0 Å². The number of aromatic nitrogens is 3. The predicted molar refractivity (Wildman–Crippen MR) is 112 cm³/mol. The Kier molecular flexibility index (Phi) is 4.82. The SMILES string of the molecule is Cc1cc(NC(=O)C2CC(=O)N(C(C)C)C2)n(-c2cc(C)c3ccccc3n2)n1. The third-order valence-electron chi connectivity index (χ3n) is 5.36. The van der Waals surface area contributed by atoms with Crippen LogP contribution in [0, 0.1) is 19.8 Å². The molecule has 1 N–H and O–H groups in total. The van der Waals surface area contributed by atoms with Crippen LogP contribution in [-0.2, 0) is 9.59 Å². The smallest absolute Gasteiger partial charge is 0.230 e. The van der Waals surface area contributed by atoms with Gasteiger partial charge in [0.25, 0.3) is 0 Å². The summed E-state index contributed by atoms with van der Waals surface area (Å²) in [6, 6.07) is 11.8. The second-order valence-electron chi connectivity index (χ2n) is 7.93. The fourth-order valence-electron chi connectivity index (χ4n) is 3.84. The van der Waals surface area contributed by atoms with Crippen molar-refractivity contribution in [3.05, 3.63) is 47.7 Å². The largest absolute Gasteiger partial charge is 0.339 e. The van der Waals surface area contributed by atoms with E-state index in [9.17, 15) is 9.59 Å². The molecule has 29 heavy (non-hydrogen) atoms. The number of pyridine rings is 1. The molecular formula is C22H25N5O2. The van der Waals surface area contributed by atoms with Crippen LogP contribution in [0.1, 0.15) is 31.5 Å². The zero-order valence-corrected chi connectivity index (χ0v) is 17.1. The molecule has 0 saturated carbocycles. The van der Waals surface area contributed by atoms with Crippen molar-refractivity contribution in [3.63, 3.8) is 0 Å². The molecule has 2 aromatic heterocycles. The van der Waals surface area contributed by atoms with Crippen LogP contribution in [0.4, 0.5) is 5.82 Å². The summed E-state index contributed by atoms with van der Waals surface area (Å²) in [6.45, 7) is 8.28. The minimum Gasteiger partial charge on any atom is -0.339 e. The monoisotopic (exact) mass is 391 g/mol. The molecular weight excluding hydrogens is 366 g/mol. The molecule has 0 bridgehead atoms. The summed E-state index contributed by atoms with van der Waals surface area (Å²) in [5.41, 5.74) is 2.74. The van der Waals surface area contributed by atoms with Crippen molar-refractivity contribution in [1.82, 2.24) is 19.7 Å². The number of hydrogen-bond acceptors (Lipinski definition) is 4. The molecule has 3 heterocycles. The molecule has 1 aliphatic heterocycles. The number of hydrogen-bond donors (Lipinski definition) is 1. The van der Waals surface area contributed by atoms with Gasteiger partial charge in [-0.25, -0.2) is 4.98 Å². The van der Waals surface area contributed by atoms with E-state index in [0.717, 1.165) is 22.2 Å². The summed E-state index contributed by atoms with van der Waals surface area (Å²) < 4.78 is 1.66. The normalized spacial score (nSPS) is 16.8. The average molecular weight is 391 g/mol. The van der Waals surface area contributed by atoms with Crippen molar-refractivity contribution in [3.8, 4) is 5.82 Å². The summed E-state index contributed by atoms with van der Waals surface area (Å²) in [7, 11) is 0. The number of rotatable bonds is 4. The van der Waals surface area contributed by atoms with Crippen LogP contribution < -0.4 is 5.32 Å². The maximum absolute atomic E-state index is 12.8. The quantitative estimate of drug-likeness (QED) is 0.740. The molecule has 7 nitrogen and oxygen atoms in total. The first-order chi connectivity index (χ1) is 13.8. The summed E-state index contributed by atoms with van der Waals surface area (Å²) in [5.74, 6) is 0.706. The van der Waals surface area contributed by atoms with E-state index in [-0.39, 0.29) is 30.2 Å². The highest BCUT2D eigenvalue weighted by atomic mass is 16.2. The second kappa shape index (κ2) is 7.31. The van der Waals surface area contributed by atoms with Gasteiger partial charge < -0.3 is 10.2 Å². The Hall–Kier alpha value is -3.22. The van der Waals surface area contributed by atoms with Crippen molar-refractivity contribution in [1.29, 1.82) is 0 Å². The van der Waals surface area contributed by atoms with E-state index >= 15 is 0 Å². The number of fused-ring (bicyclic) bond motifs is 1. The molecule has 0 radical (unpaired) electrons. The third kappa shape index (κ3) is 3.60. The van der Waals surface area contributed by atoms with Gasteiger partial charge in [0.1, 0.15) is 5.82 Å². The van der Waals surface area contributed by atoms with Gasteiger partial charge in [0, 0.05) is 30.5 Å². The number of likely N-dealkylation sites (tertiary alicyclic amines) is 1. The number of amides is 2. The lowest BCUT2D eigenvalue weighted by Gasteiger charge is -2.20. The van der Waals surface area contributed by atoms with E-state index in [1.807, 2.05) is 64.1 Å². The first-order valence-corrected chi connectivity index (χ1v) is 9.87. The Morgan fingerprint density at radius 2 is 1.97 bits per heavy atom. The predicted octanol–water partition coefficient (Wildman–Crippen LogP) is 3.23. The van der Waals surface area contributed by atoms with Gasteiger partial charge in [-0.2, -0.15) is 9.78 Å². The molecule has 2 amide bonds. The Morgan fingerprint density at radius 1 is 1.21 bits per heavy atom. The number of benzene rings is 1. The minimum absolute atomic E-state index is 0.0247. The Morgan fingerprint density at radius 3 is 2.69 bits per heavy atom. The molecule has 1 unspecified atom stereocenters. The number of nitrogens with zero attached hydrogens (tertiary/aromatic N) is 4. The Labute approximate surface area is 169 Å². The number of anilines is 1. The molecule has 0 spiro atoms. The van der Waals surface area contributed by atoms with Crippen LogP contribution >= 0.6 is 0 Å². The molecule has 1 aliphatic rings. The molecule has 4 rings (SSSR count). The highest BCUT2D eigenvalue weighted by Gasteiger charge is 2.35. The van der Waals surface area contributed by atoms with Crippen LogP contribution in [0.5, 0.6) is 0 Å². The number of para-hydroxylation sites is 1. The van der Waals surface area contributed by atoms with Crippen molar-refractivity contribution < 1.29 is 9.59 Å². The Bertz CT molecular complexity index is 1100. The van der Waals surface area contributed by atoms with Gasteiger partial charge in [-0.3, -0.25) is 9.59 Å². The summed E-state index contributed by atoms with van der Waals surface area (Å²) in [6.07, 6.45) is 0.241. The molecule has 7 heteroatoms. The van der Waals surface area contributed by atoms with Crippen LogP contribution in [0.3, 0.4) is 0 Å². The van der Waals surface area contributed by atoms with Crippen molar-refractivity contribution in [2.75, 3.05) is 11.9 Å². The number of carbonyl (C=O) groups is 2. The van der Waals surface area contributed by atoms with Gasteiger partial charge >= 0.3 is 0 Å². The summed E-state index contributed by atoms with van der Waals surface area (Å²) >= 11 is 0. The molecule has 0 aliphatic carbocycles. The van der Waals surface area contributed by atoms with Crippen LogP contribution in [0.25, 0.3) is 16.7 Å². The highest BCUT2D eigenvalue weighted by molar-refractivity contribution is 5.97. The van der Waals surface area contributed by atoms with Crippen LogP contribution in [0.2, 0.25) is 0 Å². The van der Waals surface area contributed by atoms with Crippen molar-refractivity contribution in [2.45, 2.75) is 40.2 Å². The molecule has 1 fully saturated rings. The topological polar surface area (TPSA) is 80.1 Å². The Balaban J connectivity index is 1.63. The maximum Gasteiger partial charge on any atom is 0.230 e. The van der Waals surface area contributed by atoms with Crippen LogP contribution in [0.15, 0.2) is 36.4 Å². The fourth-order valence-corrected chi connectivity index (χ4v) is 3.84. The van der Waals surface area contributed by atoms with Gasteiger partial charge in [-0.15, -0.1) is 0 Å². The van der Waals surface area contributed by atoms with E-state index in [1.165, 1.54) is 0 Å². The molecule has 1 saturated heterocycles. The van der Waals surface area contributed by atoms with E-state index in [4.69, 9.17) is 4.98 Å². The zero-order valence-electron chi connectivity index (χ0n) is 17.1. The zero-order chi connectivity index (χ0) is 20.7. The van der Waals surface area contributed by atoms with E-state index in [0.29, 0.717) is 18.2 Å². The highest BCUT2D eigenvalue weighted by Crippen LogP contribution is 2.25. The van der Waals surface area contributed by atoms with Gasteiger partial charge in [-0.1, -0.05) is 18.2 Å². The van der Waals surface area contributed by atoms with E-state index in [1.54, 1.807) is 9.58 Å². The lowest BCUT2D eigenvalue weighted by molar-refractivity contribution is -0.129. The van der Waals surface area contributed by atoms with Crippen molar-refractivity contribution in [2.24, 2.45) is 5.92 Å². The fraction of sp³-hybridized carbons (Fsp3) is 0.364. The van der Waals surface area contributed by atoms with Gasteiger partial charge in [0.2, 0.25) is 11.8 Å². The maximum atomic E-state index is 12.8. The molecule has 1 aromatic carbocycles. The number of aryl methyl sites for hydroxylation is 2. The lowest BCUT2D eigenvalue weighted by Crippen LogP contribution is -2.33. The number of nitrogens with one attached hydrogen (secondary N) is 1. The standard InChI is InChI=1S/C22H25N5O2/c1-13(2)26-12-16(11-21(26)28)22(29)24-20-10-15(4)25-27(20)19-9-14(3)17-7-5-6-8-18(17)23-19/h5-10,13,16H,11-12H2,1-4H3,(H,24,29).